The molecule has 0 aliphatic heterocycles. The molecule has 0 unspecified atom stereocenters. The van der Waals surface area contributed by atoms with Crippen LogP contribution in [-0.2, 0) is 55.6 Å². The standard InChI is InChI=1S/C27H6BF27/c29-19(30,31)7-1-10(22(38,39)40)16(11(2-7)23(41,42)43)28(17-12(24(44,45)46)3-8(20(32,33)34)4-13(17)25(47,48)49)18-14(26(50,51)52)5-9(21(35,36)37)6-15(18)27(53,54)55/h1-6H. The molecule has 0 N–H and O–H groups in total. The number of rotatable bonds is 3. The van der Waals surface area contributed by atoms with Gasteiger partial charge in [-0.2, -0.15) is 119 Å². The second-order valence-corrected chi connectivity index (χ2v) is 10.9. The van der Waals surface area contributed by atoms with Gasteiger partial charge < -0.3 is 0 Å². The van der Waals surface area contributed by atoms with Gasteiger partial charge in [0.05, 0.1) is 50.1 Å². The molecule has 0 fully saturated rings. The average molecular weight is 854 g/mol. The molecule has 0 atom stereocenters. The third-order valence-corrected chi connectivity index (χ3v) is 7.22. The first-order valence-corrected chi connectivity index (χ1v) is 13.2. The van der Waals surface area contributed by atoms with Crippen LogP contribution in [0.25, 0.3) is 0 Å². The Balaban J connectivity index is 3.14. The minimum Gasteiger partial charge on any atom is -0.166 e. The van der Waals surface area contributed by atoms with Crippen LogP contribution in [0.4, 0.5) is 119 Å². The molecule has 0 heterocycles. The van der Waals surface area contributed by atoms with Gasteiger partial charge in [0.2, 0.25) is 6.71 Å². The van der Waals surface area contributed by atoms with Crippen molar-refractivity contribution in [1.82, 2.24) is 0 Å². The predicted molar refractivity (Wildman–Crippen MR) is 129 cm³/mol. The molecule has 28 heteroatoms. The van der Waals surface area contributed by atoms with Crippen LogP contribution in [0.15, 0.2) is 36.4 Å². The molecule has 0 nitrogen and oxygen atoms in total. The molecular weight excluding hydrogens is 848 g/mol. The van der Waals surface area contributed by atoms with Crippen molar-refractivity contribution >= 4 is 23.1 Å². The molecule has 0 saturated carbocycles. The van der Waals surface area contributed by atoms with Crippen LogP contribution in [0.1, 0.15) is 50.1 Å². The Bertz CT molecular complexity index is 1590. The van der Waals surface area contributed by atoms with Gasteiger partial charge >= 0.3 is 55.6 Å². The number of hydrogen-bond donors (Lipinski definition) is 0. The van der Waals surface area contributed by atoms with Crippen molar-refractivity contribution in [2.45, 2.75) is 55.6 Å². The zero-order chi connectivity index (χ0) is 43.2. The summed E-state index contributed by atoms with van der Waals surface area (Å²) < 4.78 is 382. The number of alkyl halides is 27. The number of hydrogen-bond acceptors (Lipinski definition) is 0. The highest BCUT2D eigenvalue weighted by Crippen LogP contribution is 2.45. The van der Waals surface area contributed by atoms with Crippen LogP contribution >= 0.6 is 0 Å². The molecule has 0 bridgehead atoms. The fourth-order valence-corrected chi connectivity index (χ4v) is 5.22. The van der Waals surface area contributed by atoms with Crippen LogP contribution in [-0.4, -0.2) is 6.71 Å². The molecule has 3 aromatic rings. The van der Waals surface area contributed by atoms with E-state index in [1.54, 1.807) is 0 Å². The van der Waals surface area contributed by atoms with Crippen molar-refractivity contribution in [3.8, 4) is 0 Å². The highest BCUT2D eigenvalue weighted by Gasteiger charge is 2.56. The first kappa shape index (κ1) is 45.2. The van der Waals surface area contributed by atoms with Crippen molar-refractivity contribution in [1.29, 1.82) is 0 Å². The Morgan fingerprint density at radius 2 is 0.345 bits per heavy atom. The SMILES string of the molecule is FC(F)(F)c1cc(C(F)(F)F)c(B(c2c(C(F)(F)F)cc(C(F)(F)F)cc2C(F)(F)F)c2c(C(F)(F)F)cc(C(F)(F)F)cc2C(F)(F)F)c(C(F)(F)F)c1. The van der Waals surface area contributed by atoms with Crippen molar-refractivity contribution in [3.05, 3.63) is 86.5 Å². The summed E-state index contributed by atoms with van der Waals surface area (Å²) in [5.41, 5.74) is -44.2. The van der Waals surface area contributed by atoms with Crippen molar-refractivity contribution < 1.29 is 119 Å². The van der Waals surface area contributed by atoms with Gasteiger partial charge in [-0.1, -0.05) is 0 Å². The van der Waals surface area contributed by atoms with Crippen LogP contribution in [0, 0.1) is 0 Å². The maximum absolute atomic E-state index is 14.4. The largest absolute Gasteiger partial charge is 0.416 e. The second-order valence-electron chi connectivity index (χ2n) is 10.9. The first-order valence-electron chi connectivity index (χ1n) is 13.2. The third kappa shape index (κ3) is 9.45. The summed E-state index contributed by atoms with van der Waals surface area (Å²) in [5.74, 6) is 0. The van der Waals surface area contributed by atoms with Gasteiger partial charge in [0.15, 0.2) is 0 Å². The Labute approximate surface area is 284 Å². The lowest BCUT2D eigenvalue weighted by Gasteiger charge is -2.33. The lowest BCUT2D eigenvalue weighted by molar-refractivity contribution is -0.149. The molecule has 0 aliphatic carbocycles. The van der Waals surface area contributed by atoms with E-state index in [4.69, 9.17) is 0 Å². The Morgan fingerprint density at radius 1 is 0.218 bits per heavy atom. The summed E-state index contributed by atoms with van der Waals surface area (Å²) >= 11 is 0. The molecule has 0 amide bonds. The Morgan fingerprint density at radius 3 is 0.436 bits per heavy atom. The maximum atomic E-state index is 14.4. The second kappa shape index (κ2) is 13.2. The van der Waals surface area contributed by atoms with E-state index < -0.39 is 165 Å². The lowest BCUT2D eigenvalue weighted by atomic mass is 9.32. The maximum Gasteiger partial charge on any atom is 0.416 e. The zero-order valence-electron chi connectivity index (χ0n) is 24.7. The number of halogens is 27. The van der Waals surface area contributed by atoms with Crippen molar-refractivity contribution in [2.75, 3.05) is 0 Å². The van der Waals surface area contributed by atoms with Gasteiger partial charge in [-0.15, -0.1) is 0 Å². The number of benzene rings is 3. The van der Waals surface area contributed by atoms with Crippen LogP contribution < -0.4 is 16.4 Å². The molecule has 306 valence electrons. The van der Waals surface area contributed by atoms with Gasteiger partial charge in [-0.05, 0) is 52.8 Å². The fraction of sp³-hybridized carbons (Fsp3) is 0.333. The molecule has 3 aromatic carbocycles. The fourth-order valence-electron chi connectivity index (χ4n) is 5.22. The Kier molecular flexibility index (Phi) is 10.9. The molecule has 0 aliphatic rings. The van der Waals surface area contributed by atoms with E-state index >= 15 is 0 Å². The minimum atomic E-state index is -7.08. The lowest BCUT2D eigenvalue weighted by Crippen LogP contribution is -2.62. The van der Waals surface area contributed by atoms with Gasteiger partial charge in [-0.25, -0.2) is 0 Å². The zero-order valence-corrected chi connectivity index (χ0v) is 24.7. The third-order valence-electron chi connectivity index (χ3n) is 7.22. The highest BCUT2D eigenvalue weighted by atomic mass is 19.4. The molecule has 55 heavy (non-hydrogen) atoms. The van der Waals surface area contributed by atoms with E-state index in [0.29, 0.717) is 0 Å². The summed E-state index contributed by atoms with van der Waals surface area (Å²) in [7, 11) is 0. The molecule has 3 rings (SSSR count). The van der Waals surface area contributed by atoms with Crippen LogP contribution in [0.3, 0.4) is 0 Å². The Hall–Kier alpha value is -4.17. The molecule has 0 saturated heterocycles. The molecule has 0 spiro atoms. The molecule has 0 aromatic heterocycles. The quantitative estimate of drug-likeness (QED) is 0.182. The smallest absolute Gasteiger partial charge is 0.166 e. The first-order chi connectivity index (χ1) is 24.0. The van der Waals surface area contributed by atoms with Gasteiger partial charge in [0, 0.05) is 0 Å². The van der Waals surface area contributed by atoms with Crippen molar-refractivity contribution in [2.24, 2.45) is 0 Å². The normalized spacial score (nSPS) is 14.5. The topological polar surface area (TPSA) is 0 Å². The predicted octanol–water partition coefficient (Wildman–Crippen LogP) is 11.4. The van der Waals surface area contributed by atoms with E-state index in [-0.39, 0.29) is 0 Å². The average Bonchev–Trinajstić information content (AvgIpc) is 2.92. The highest BCUT2D eigenvalue weighted by molar-refractivity contribution is 6.97. The summed E-state index contributed by atoms with van der Waals surface area (Å²) in [6.07, 6.45) is -61.9. The van der Waals surface area contributed by atoms with E-state index in [0.717, 1.165) is 0 Å². The van der Waals surface area contributed by atoms with E-state index in [1.165, 1.54) is 0 Å². The van der Waals surface area contributed by atoms with Gasteiger partial charge in [0.25, 0.3) is 0 Å². The molecular formula is C27H6BF27. The summed E-state index contributed by atoms with van der Waals surface area (Å²) in [6.45, 7) is -5.42. The summed E-state index contributed by atoms with van der Waals surface area (Å²) in [6, 6.07) is -9.71. The van der Waals surface area contributed by atoms with E-state index in [1.807, 2.05) is 0 Å². The van der Waals surface area contributed by atoms with Gasteiger partial charge in [-0.3, -0.25) is 0 Å². The monoisotopic (exact) mass is 854 g/mol. The summed E-state index contributed by atoms with van der Waals surface area (Å²) in [5, 5.41) is 0. The minimum absolute atomic E-state index is 1.62. The summed E-state index contributed by atoms with van der Waals surface area (Å²) in [4.78, 5) is 0. The van der Waals surface area contributed by atoms with Crippen molar-refractivity contribution in [3.63, 3.8) is 0 Å². The van der Waals surface area contributed by atoms with E-state index in [2.05, 4.69) is 0 Å². The molecule has 0 radical (unpaired) electrons. The van der Waals surface area contributed by atoms with Gasteiger partial charge in [0.1, 0.15) is 0 Å². The van der Waals surface area contributed by atoms with Crippen LogP contribution in [0.2, 0.25) is 0 Å². The van der Waals surface area contributed by atoms with E-state index in [9.17, 15) is 119 Å². The van der Waals surface area contributed by atoms with Crippen LogP contribution in [0.5, 0.6) is 0 Å².